The molecule has 1 unspecified atom stereocenters. The van der Waals surface area contributed by atoms with Crippen LogP contribution in [0.5, 0.6) is 0 Å². The molecular formula is C10H18OS. The van der Waals surface area contributed by atoms with E-state index in [-0.39, 0.29) is 22.2 Å². The van der Waals surface area contributed by atoms with Gasteiger partial charge < -0.3 is 5.11 Å². The number of hydrogen-bond acceptors (Lipinski definition) is 2. The second-order valence-corrected chi connectivity index (χ2v) is 5.78. The van der Waals surface area contributed by atoms with Crippen LogP contribution in [-0.4, -0.2) is 16.5 Å². The van der Waals surface area contributed by atoms with Crippen molar-refractivity contribution in [1.29, 1.82) is 0 Å². The van der Waals surface area contributed by atoms with Gasteiger partial charge in [-0.05, 0) is 29.6 Å². The number of fused-ring (bicyclic) bond motifs is 2. The summed E-state index contributed by atoms with van der Waals surface area (Å²) >= 11 is 4.54. The van der Waals surface area contributed by atoms with E-state index in [0.29, 0.717) is 5.92 Å². The summed E-state index contributed by atoms with van der Waals surface area (Å²) in [5.41, 5.74) is 0.527. The number of rotatable bonds is 0. The molecule has 12 heavy (non-hydrogen) atoms. The van der Waals surface area contributed by atoms with Crippen LogP contribution in [0.15, 0.2) is 0 Å². The molecular weight excluding hydrogens is 168 g/mol. The van der Waals surface area contributed by atoms with Crippen LogP contribution in [0, 0.1) is 16.7 Å². The Hall–Kier alpha value is 0.310. The fourth-order valence-electron chi connectivity index (χ4n) is 3.29. The standard InChI is InChI=1S/C10H18OS/c1-9(2)6-4-5-10(9,3)8(12)7(6)11/h6-8,11-12H,4-5H2,1-3H3/t6-,7+,8-,10?/m0/s1. The lowest BCUT2D eigenvalue weighted by Crippen LogP contribution is -2.35. The summed E-state index contributed by atoms with van der Waals surface area (Å²) in [6.07, 6.45) is 2.24. The van der Waals surface area contributed by atoms with E-state index in [2.05, 4.69) is 33.4 Å². The Morgan fingerprint density at radius 1 is 1.33 bits per heavy atom. The van der Waals surface area contributed by atoms with Gasteiger partial charge in [-0.1, -0.05) is 20.8 Å². The number of aliphatic hydroxyl groups is 1. The van der Waals surface area contributed by atoms with E-state index in [4.69, 9.17) is 0 Å². The third-order valence-corrected chi connectivity index (χ3v) is 5.64. The quantitative estimate of drug-likeness (QED) is 0.555. The number of aliphatic hydroxyl groups excluding tert-OH is 1. The molecule has 1 nitrogen and oxygen atoms in total. The summed E-state index contributed by atoms with van der Waals surface area (Å²) in [6.45, 7) is 6.84. The highest BCUT2D eigenvalue weighted by atomic mass is 32.1. The van der Waals surface area contributed by atoms with E-state index in [0.717, 1.165) is 0 Å². The lowest BCUT2D eigenvalue weighted by Gasteiger charge is -2.37. The molecule has 70 valence electrons. The predicted octanol–water partition coefficient (Wildman–Crippen LogP) is 2.10. The molecule has 2 fully saturated rings. The third-order valence-electron chi connectivity index (χ3n) is 4.76. The van der Waals surface area contributed by atoms with Gasteiger partial charge in [-0.2, -0.15) is 12.6 Å². The first-order valence-electron chi connectivity index (χ1n) is 4.77. The van der Waals surface area contributed by atoms with Gasteiger partial charge in [0.15, 0.2) is 0 Å². The highest BCUT2D eigenvalue weighted by molar-refractivity contribution is 7.81. The Labute approximate surface area is 80.0 Å². The van der Waals surface area contributed by atoms with Gasteiger partial charge >= 0.3 is 0 Å². The van der Waals surface area contributed by atoms with Gasteiger partial charge in [0, 0.05) is 5.25 Å². The first kappa shape index (κ1) is 8.89. The van der Waals surface area contributed by atoms with E-state index in [9.17, 15) is 5.11 Å². The molecule has 0 aromatic heterocycles. The molecule has 2 aliphatic rings. The van der Waals surface area contributed by atoms with Crippen LogP contribution < -0.4 is 0 Å². The molecule has 0 heterocycles. The minimum Gasteiger partial charge on any atom is -0.392 e. The van der Waals surface area contributed by atoms with Gasteiger partial charge in [0.2, 0.25) is 0 Å². The normalized spacial score (nSPS) is 56.2. The van der Waals surface area contributed by atoms with Crippen molar-refractivity contribution in [3.63, 3.8) is 0 Å². The predicted molar refractivity (Wildman–Crippen MR) is 53.4 cm³/mol. The van der Waals surface area contributed by atoms with Gasteiger partial charge in [0.1, 0.15) is 0 Å². The number of thiol groups is 1. The third kappa shape index (κ3) is 0.717. The van der Waals surface area contributed by atoms with Crippen LogP contribution in [0.1, 0.15) is 33.6 Å². The highest BCUT2D eigenvalue weighted by Gasteiger charge is 2.64. The Morgan fingerprint density at radius 3 is 2.17 bits per heavy atom. The van der Waals surface area contributed by atoms with Crippen molar-refractivity contribution in [2.45, 2.75) is 45.0 Å². The van der Waals surface area contributed by atoms with Crippen molar-refractivity contribution in [2.75, 3.05) is 0 Å². The van der Waals surface area contributed by atoms with Crippen molar-refractivity contribution in [3.05, 3.63) is 0 Å². The molecule has 2 saturated carbocycles. The minimum absolute atomic E-state index is 0.179. The molecule has 0 aromatic rings. The van der Waals surface area contributed by atoms with Crippen LogP contribution in [-0.2, 0) is 0 Å². The largest absolute Gasteiger partial charge is 0.392 e. The van der Waals surface area contributed by atoms with Gasteiger partial charge in [-0.3, -0.25) is 0 Å². The summed E-state index contributed by atoms with van der Waals surface area (Å²) in [7, 11) is 0. The van der Waals surface area contributed by atoms with Crippen molar-refractivity contribution in [1.82, 2.24) is 0 Å². The highest BCUT2D eigenvalue weighted by Crippen LogP contribution is 2.66. The SMILES string of the molecule is CC1(C)[C@H]2CCC1(C)[C@@H](S)[C@@H]2O. The molecule has 0 spiro atoms. The van der Waals surface area contributed by atoms with Gasteiger partial charge in [-0.15, -0.1) is 0 Å². The monoisotopic (exact) mass is 186 g/mol. The van der Waals surface area contributed by atoms with Crippen LogP contribution in [0.4, 0.5) is 0 Å². The van der Waals surface area contributed by atoms with E-state index < -0.39 is 0 Å². The van der Waals surface area contributed by atoms with Crippen LogP contribution >= 0.6 is 12.6 Å². The van der Waals surface area contributed by atoms with Crippen molar-refractivity contribution in [3.8, 4) is 0 Å². The maximum absolute atomic E-state index is 9.91. The Bertz CT molecular complexity index is 214. The second kappa shape index (κ2) is 2.21. The summed E-state index contributed by atoms with van der Waals surface area (Å²) < 4.78 is 0. The zero-order valence-corrected chi connectivity index (χ0v) is 8.94. The van der Waals surface area contributed by atoms with Gasteiger partial charge in [0.05, 0.1) is 6.10 Å². The molecule has 2 bridgehead atoms. The lowest BCUT2D eigenvalue weighted by molar-refractivity contribution is 0.0986. The Morgan fingerprint density at radius 2 is 1.92 bits per heavy atom. The molecule has 0 aliphatic heterocycles. The topological polar surface area (TPSA) is 20.2 Å². The molecule has 4 atom stereocenters. The lowest BCUT2D eigenvalue weighted by atomic mass is 9.71. The van der Waals surface area contributed by atoms with Gasteiger partial charge in [0.25, 0.3) is 0 Å². The van der Waals surface area contributed by atoms with Gasteiger partial charge in [-0.25, -0.2) is 0 Å². The van der Waals surface area contributed by atoms with Crippen LogP contribution in [0.3, 0.4) is 0 Å². The summed E-state index contributed by atoms with van der Waals surface area (Å²) in [5, 5.41) is 10.1. The first-order chi connectivity index (χ1) is 5.41. The smallest absolute Gasteiger partial charge is 0.0695 e. The molecule has 2 aliphatic carbocycles. The van der Waals surface area contributed by atoms with Crippen LogP contribution in [0.2, 0.25) is 0 Å². The fraction of sp³-hybridized carbons (Fsp3) is 1.00. The first-order valence-corrected chi connectivity index (χ1v) is 5.29. The van der Waals surface area contributed by atoms with E-state index in [1.807, 2.05) is 0 Å². The van der Waals surface area contributed by atoms with E-state index in [1.165, 1.54) is 12.8 Å². The molecule has 0 saturated heterocycles. The maximum Gasteiger partial charge on any atom is 0.0695 e. The Balaban J connectivity index is 2.44. The summed E-state index contributed by atoms with van der Waals surface area (Å²) in [4.78, 5) is 0. The molecule has 0 aromatic carbocycles. The van der Waals surface area contributed by atoms with E-state index >= 15 is 0 Å². The molecule has 2 heteroatoms. The molecule has 2 rings (SSSR count). The summed E-state index contributed by atoms with van der Waals surface area (Å²) in [6, 6.07) is 0. The van der Waals surface area contributed by atoms with Crippen molar-refractivity contribution < 1.29 is 5.11 Å². The second-order valence-electron chi connectivity index (χ2n) is 5.22. The summed E-state index contributed by atoms with van der Waals surface area (Å²) in [5.74, 6) is 0.477. The van der Waals surface area contributed by atoms with Crippen LogP contribution in [0.25, 0.3) is 0 Å². The van der Waals surface area contributed by atoms with Crippen molar-refractivity contribution >= 4 is 12.6 Å². The molecule has 0 radical (unpaired) electrons. The molecule has 0 amide bonds. The fourth-order valence-corrected chi connectivity index (χ4v) is 3.96. The zero-order chi connectivity index (χ0) is 9.15. The van der Waals surface area contributed by atoms with E-state index in [1.54, 1.807) is 0 Å². The zero-order valence-electron chi connectivity index (χ0n) is 8.04. The average molecular weight is 186 g/mol. The van der Waals surface area contributed by atoms with Crippen molar-refractivity contribution in [2.24, 2.45) is 16.7 Å². The molecule has 1 N–H and O–H groups in total. The Kier molecular flexibility index (Phi) is 1.64. The number of hydrogen-bond donors (Lipinski definition) is 2. The maximum atomic E-state index is 9.91. The minimum atomic E-state index is -0.179. The average Bonchev–Trinajstić information content (AvgIpc) is 2.26.